The molecule has 66 heavy (non-hydrogen) atoms. The van der Waals surface area contributed by atoms with Crippen LogP contribution in [0.15, 0.2) is 48.5 Å². The molecule has 0 bridgehead atoms. The molecule has 7 atom stereocenters. The van der Waals surface area contributed by atoms with Gasteiger partial charge < -0.3 is 40.1 Å². The Morgan fingerprint density at radius 3 is 2.33 bits per heavy atom. The molecule has 2 amide bonds. The molecule has 2 saturated heterocycles. The number of ether oxygens (including phenoxy) is 3. The van der Waals surface area contributed by atoms with Crippen LogP contribution in [0.1, 0.15) is 112 Å². The summed E-state index contributed by atoms with van der Waals surface area (Å²) in [5.74, 6) is 2.86. The topological polar surface area (TPSA) is 195 Å². The molecule has 348 valence electrons. The summed E-state index contributed by atoms with van der Waals surface area (Å²) in [6.45, 7) is 3.08. The van der Waals surface area contributed by atoms with Crippen LogP contribution in [0.4, 0.5) is 13.6 Å². The minimum absolute atomic E-state index is 0.0133. The number of aromatic nitrogens is 4. The van der Waals surface area contributed by atoms with Crippen molar-refractivity contribution in [3.05, 3.63) is 71.3 Å². The quantitative estimate of drug-likeness (QED) is 0.0801. The molecule has 0 spiro atoms. The summed E-state index contributed by atoms with van der Waals surface area (Å²) < 4.78 is 43.6. The highest BCUT2D eigenvalue weighted by Crippen LogP contribution is 2.44. The van der Waals surface area contributed by atoms with Gasteiger partial charge in [0.2, 0.25) is 11.8 Å². The SMILES string of the molecule is COC(=O)C[C@H](C(=O)C1[C@@H](N)CC[C@H]1c1nc2c(ccc3cc(C#Cc4ccc5nc([C@@H]6CC[C@H](C)N6C(=O)[C@@H](NC(=O)OC)C6CCC(F)(F)CC6)[nH]c5c4)ccc32)[nH]1)C1CCOCC1. The van der Waals surface area contributed by atoms with Gasteiger partial charge in [0.05, 0.1) is 48.7 Å². The number of hydrogen-bond donors (Lipinski definition) is 4. The molecule has 9 rings (SSSR count). The average Bonchev–Trinajstić information content (AvgIpc) is 4.13. The van der Waals surface area contributed by atoms with Crippen LogP contribution < -0.4 is 11.1 Å². The number of amides is 2. The van der Waals surface area contributed by atoms with Crippen molar-refractivity contribution in [1.82, 2.24) is 30.2 Å². The van der Waals surface area contributed by atoms with Crippen LogP contribution in [-0.2, 0) is 28.6 Å². The molecule has 4 heterocycles. The number of carbonyl (C=O) groups excluding carboxylic acids is 4. The standard InChI is InChI=1S/C50H57F2N7O7/c1-27-4-15-40(59(27)48(62)43(58-49(63)65-3)31-16-20-50(51,52)21-17-31)47-54-37-13-8-29(25-39(37)56-47)6-5-28-7-10-33-32(24-28)9-14-38-44(33)57-46(55-38)34-11-12-36(53)42(34)45(61)35(26-41(60)64-2)30-18-22-66-23-19-30/h7-10,13-14,24-25,27,30-31,34-36,40,42-43H,4,11-12,15-23,26,53H2,1-3H3,(H,54,56)(H,55,57)(H,58,63)/t27-,34+,35-,36-,40-,42?,43-/m0/s1. The van der Waals surface area contributed by atoms with Gasteiger partial charge in [-0.15, -0.1) is 0 Å². The van der Waals surface area contributed by atoms with Gasteiger partial charge in [-0.3, -0.25) is 14.4 Å². The van der Waals surface area contributed by atoms with Crippen LogP contribution in [-0.4, -0.2) is 100 Å². The Kier molecular flexibility index (Phi) is 12.9. The number of imidazole rings is 2. The average molecular weight is 906 g/mol. The fourth-order valence-electron chi connectivity index (χ4n) is 11.1. The van der Waals surface area contributed by atoms with Crippen molar-refractivity contribution < 1.29 is 42.2 Å². The second kappa shape index (κ2) is 18.8. The lowest BCUT2D eigenvalue weighted by Gasteiger charge is -2.37. The van der Waals surface area contributed by atoms with Crippen LogP contribution in [0.2, 0.25) is 0 Å². The molecular formula is C50H57F2N7O7. The Balaban J connectivity index is 0.924. The number of likely N-dealkylation sites (tertiary alicyclic amines) is 1. The summed E-state index contributed by atoms with van der Waals surface area (Å²) in [6, 6.07) is 13.9. The molecule has 2 aliphatic heterocycles. The Morgan fingerprint density at radius 2 is 1.59 bits per heavy atom. The third-order valence-electron chi connectivity index (χ3n) is 14.7. The first-order valence-corrected chi connectivity index (χ1v) is 23.2. The lowest BCUT2D eigenvalue weighted by Crippen LogP contribution is -2.54. The van der Waals surface area contributed by atoms with E-state index in [1.807, 2.05) is 55.5 Å². The van der Waals surface area contributed by atoms with E-state index in [0.717, 1.165) is 44.3 Å². The Hall–Kier alpha value is -5.92. The number of nitrogens with zero attached hydrogens (tertiary/aromatic N) is 3. The molecule has 16 heteroatoms. The number of aromatic amines is 2. The summed E-state index contributed by atoms with van der Waals surface area (Å²) in [7, 11) is 2.57. The predicted octanol–water partition coefficient (Wildman–Crippen LogP) is 7.59. The van der Waals surface area contributed by atoms with Crippen LogP contribution in [0.3, 0.4) is 0 Å². The summed E-state index contributed by atoms with van der Waals surface area (Å²) in [5, 5.41) is 4.58. The van der Waals surface area contributed by atoms with Gasteiger partial charge in [-0.05, 0) is 112 Å². The van der Waals surface area contributed by atoms with Crippen LogP contribution in [0, 0.1) is 35.5 Å². The number of H-pyrrole nitrogens is 2. The minimum atomic E-state index is -2.78. The summed E-state index contributed by atoms with van der Waals surface area (Å²) in [4.78, 5) is 72.2. The molecule has 2 aliphatic carbocycles. The molecule has 14 nitrogen and oxygen atoms in total. The molecule has 5 N–H and O–H groups in total. The van der Waals surface area contributed by atoms with Crippen LogP contribution in [0.5, 0.6) is 0 Å². The van der Waals surface area contributed by atoms with Gasteiger partial charge in [0.15, 0.2) is 0 Å². The number of methoxy groups -OCH3 is 2. The number of ketones is 1. The number of esters is 1. The zero-order chi connectivity index (χ0) is 46.3. The highest BCUT2D eigenvalue weighted by atomic mass is 19.3. The lowest BCUT2D eigenvalue weighted by atomic mass is 9.74. The summed E-state index contributed by atoms with van der Waals surface area (Å²) in [5.41, 5.74) is 11.4. The third kappa shape index (κ3) is 9.12. The van der Waals surface area contributed by atoms with Crippen molar-refractivity contribution >= 4 is 56.6 Å². The third-order valence-corrected chi connectivity index (χ3v) is 14.7. The summed E-state index contributed by atoms with van der Waals surface area (Å²) in [6.07, 6.45) is 3.00. The van der Waals surface area contributed by atoms with Gasteiger partial charge >= 0.3 is 12.1 Å². The van der Waals surface area contributed by atoms with E-state index >= 15 is 0 Å². The lowest BCUT2D eigenvalue weighted by molar-refractivity contribution is -0.146. The second-order valence-corrected chi connectivity index (χ2v) is 18.7. The van der Waals surface area contributed by atoms with Crippen molar-refractivity contribution in [1.29, 1.82) is 0 Å². The number of hydrogen-bond acceptors (Lipinski definition) is 10. The Labute approximate surface area is 381 Å². The molecule has 4 aliphatic rings. The van der Waals surface area contributed by atoms with E-state index in [9.17, 15) is 28.0 Å². The van der Waals surface area contributed by atoms with Gasteiger partial charge in [-0.2, -0.15) is 0 Å². The van der Waals surface area contributed by atoms with Crippen molar-refractivity contribution in [2.45, 2.75) is 114 Å². The fraction of sp³-hybridized carbons (Fsp3) is 0.520. The monoisotopic (exact) mass is 905 g/mol. The zero-order valence-electron chi connectivity index (χ0n) is 37.5. The molecule has 3 aromatic carbocycles. The largest absolute Gasteiger partial charge is 0.469 e. The molecule has 4 fully saturated rings. The molecule has 1 unspecified atom stereocenters. The fourth-order valence-corrected chi connectivity index (χ4v) is 11.1. The summed E-state index contributed by atoms with van der Waals surface area (Å²) >= 11 is 0. The molecule has 0 radical (unpaired) electrons. The minimum Gasteiger partial charge on any atom is -0.469 e. The maximum atomic E-state index is 14.4. The number of benzene rings is 3. The number of halogens is 2. The van der Waals surface area contributed by atoms with E-state index in [-0.39, 0.29) is 67.7 Å². The predicted molar refractivity (Wildman–Crippen MR) is 242 cm³/mol. The highest BCUT2D eigenvalue weighted by molar-refractivity contribution is 6.04. The van der Waals surface area contributed by atoms with E-state index in [0.29, 0.717) is 63.1 Å². The first-order valence-electron chi connectivity index (χ1n) is 23.2. The van der Waals surface area contributed by atoms with Crippen molar-refractivity contribution in [3.8, 4) is 11.8 Å². The normalized spacial score (nSPS) is 24.5. The van der Waals surface area contributed by atoms with E-state index in [1.54, 1.807) is 4.90 Å². The number of alkyl carbamates (subject to hydrolysis) is 1. The maximum Gasteiger partial charge on any atom is 0.407 e. The van der Waals surface area contributed by atoms with Crippen LogP contribution >= 0.6 is 0 Å². The number of alkyl halides is 2. The maximum absolute atomic E-state index is 14.4. The van der Waals surface area contributed by atoms with Gasteiger partial charge in [0.1, 0.15) is 23.5 Å². The number of Topliss-reactive ketones (excluding diaryl/α,β-unsaturated/α-hetero) is 1. The smallest absolute Gasteiger partial charge is 0.407 e. The number of nitrogens with one attached hydrogen (secondary N) is 3. The van der Waals surface area contributed by atoms with Gasteiger partial charge in [-0.1, -0.05) is 24.0 Å². The van der Waals surface area contributed by atoms with Gasteiger partial charge in [-0.25, -0.2) is 23.5 Å². The second-order valence-electron chi connectivity index (χ2n) is 18.7. The molecule has 5 aromatic rings. The van der Waals surface area contributed by atoms with Gasteiger partial charge in [0.25, 0.3) is 0 Å². The molecule has 2 aromatic heterocycles. The Morgan fingerprint density at radius 1 is 0.864 bits per heavy atom. The molecule has 2 saturated carbocycles. The van der Waals surface area contributed by atoms with E-state index in [2.05, 4.69) is 27.1 Å². The van der Waals surface area contributed by atoms with Crippen molar-refractivity contribution in [2.24, 2.45) is 29.4 Å². The van der Waals surface area contributed by atoms with E-state index < -0.39 is 47.8 Å². The first-order chi connectivity index (χ1) is 31.8. The van der Waals surface area contributed by atoms with Crippen LogP contribution in [0.25, 0.3) is 32.8 Å². The highest BCUT2D eigenvalue weighted by Gasteiger charge is 2.47. The number of rotatable bonds is 10. The van der Waals surface area contributed by atoms with E-state index in [4.69, 9.17) is 29.9 Å². The number of fused-ring (bicyclic) bond motifs is 4. The van der Waals surface area contributed by atoms with Crippen molar-refractivity contribution in [3.63, 3.8) is 0 Å². The first kappa shape index (κ1) is 45.2. The molecular weight excluding hydrogens is 849 g/mol. The number of carbonyl (C=O) groups is 4. The number of nitrogens with two attached hydrogens (primary N) is 1. The van der Waals surface area contributed by atoms with Crippen molar-refractivity contribution in [2.75, 3.05) is 27.4 Å². The Bertz CT molecular complexity index is 2710. The van der Waals surface area contributed by atoms with Gasteiger partial charge in [0, 0.05) is 72.4 Å². The zero-order valence-corrected chi connectivity index (χ0v) is 37.5. The van der Waals surface area contributed by atoms with E-state index in [1.165, 1.54) is 14.2 Å².